The molecule has 6 nitrogen and oxygen atoms in total. The predicted molar refractivity (Wildman–Crippen MR) is 168 cm³/mol. The number of Topliss-reactive ketones (excluding diaryl/α,β-unsaturated/α-hetero) is 1. The van der Waals surface area contributed by atoms with E-state index < -0.39 is 35.1 Å². The Balaban J connectivity index is 1.70. The lowest BCUT2D eigenvalue weighted by atomic mass is 9.62. The number of fused-ring (bicyclic) bond motifs is 2. The van der Waals surface area contributed by atoms with Crippen molar-refractivity contribution in [3.63, 3.8) is 0 Å². The molecule has 2 aliphatic rings. The summed E-state index contributed by atoms with van der Waals surface area (Å²) in [5.41, 5.74) is 1.61. The number of carbonyl (C=O) groups is 3. The topological polar surface area (TPSA) is 87.3 Å². The van der Waals surface area contributed by atoms with Crippen molar-refractivity contribution in [2.75, 3.05) is 10.6 Å². The summed E-state index contributed by atoms with van der Waals surface area (Å²) in [7, 11) is 0. The third-order valence-corrected chi connectivity index (χ3v) is 9.11. The van der Waals surface area contributed by atoms with Gasteiger partial charge in [-0.2, -0.15) is 0 Å². The summed E-state index contributed by atoms with van der Waals surface area (Å²) in [6, 6.07) is 15.6. The monoisotopic (exact) mass is 687 g/mol. The predicted octanol–water partition coefficient (Wildman–Crippen LogP) is 7.01. The number of hydrogen-bond donors (Lipinski definition) is 3. The summed E-state index contributed by atoms with van der Waals surface area (Å²) >= 11 is 8.43. The number of halogens is 3. The Morgan fingerprint density at radius 1 is 1.10 bits per heavy atom. The van der Waals surface area contributed by atoms with Crippen LogP contribution in [-0.2, 0) is 19.4 Å². The number of anilines is 2. The van der Waals surface area contributed by atoms with Gasteiger partial charge in [-0.15, -0.1) is 0 Å². The Kier molecular flexibility index (Phi) is 8.04. The van der Waals surface area contributed by atoms with Gasteiger partial charge < -0.3 is 16.0 Å². The number of nitrogens with one attached hydrogen (secondary N) is 3. The lowest BCUT2D eigenvalue weighted by Gasteiger charge is -2.37. The Hall–Kier alpha value is -2.82. The first-order valence-electron chi connectivity index (χ1n) is 13.5. The van der Waals surface area contributed by atoms with Crippen molar-refractivity contribution >= 4 is 63.2 Å². The van der Waals surface area contributed by atoms with Crippen LogP contribution in [0, 0.1) is 11.2 Å². The number of rotatable bonds is 6. The molecule has 3 N–H and O–H groups in total. The zero-order valence-electron chi connectivity index (χ0n) is 23.3. The SMILES string of the molecule is CC(=O)c1ccc(NC(=O)[C@@H]2N[C@@H](CC(C)(C)C)[C@@]3(C(=O)Nc4cc(Cl)ccc43)[C@H]2c2cccc(CI)c2F)cc1. The van der Waals surface area contributed by atoms with Crippen molar-refractivity contribution in [3.8, 4) is 0 Å². The van der Waals surface area contributed by atoms with E-state index in [9.17, 15) is 14.4 Å². The average molecular weight is 688 g/mol. The second kappa shape index (κ2) is 11.1. The van der Waals surface area contributed by atoms with Crippen molar-refractivity contribution in [2.24, 2.45) is 5.41 Å². The van der Waals surface area contributed by atoms with Crippen LogP contribution in [0.5, 0.6) is 0 Å². The Morgan fingerprint density at radius 3 is 2.44 bits per heavy atom. The molecule has 3 aromatic rings. The Bertz CT molecular complexity index is 1540. The highest BCUT2D eigenvalue weighted by Crippen LogP contribution is 2.57. The Labute approximate surface area is 258 Å². The summed E-state index contributed by atoms with van der Waals surface area (Å²) in [5.74, 6) is -2.04. The first-order chi connectivity index (χ1) is 19.4. The lowest BCUT2D eigenvalue weighted by molar-refractivity contribution is -0.122. The van der Waals surface area contributed by atoms with Gasteiger partial charge in [-0.25, -0.2) is 4.39 Å². The highest BCUT2D eigenvalue weighted by molar-refractivity contribution is 14.1. The van der Waals surface area contributed by atoms with Crippen molar-refractivity contribution < 1.29 is 18.8 Å². The number of amides is 2. The maximum Gasteiger partial charge on any atom is 0.242 e. The molecule has 0 saturated carbocycles. The molecule has 214 valence electrons. The molecule has 3 aromatic carbocycles. The van der Waals surface area contributed by atoms with E-state index in [0.717, 1.165) is 0 Å². The zero-order chi connectivity index (χ0) is 29.7. The number of carbonyl (C=O) groups excluding carboxylic acids is 3. The fourth-order valence-electron chi connectivity index (χ4n) is 6.34. The second-order valence-corrected chi connectivity index (χ2v) is 13.2. The quantitative estimate of drug-likeness (QED) is 0.148. The summed E-state index contributed by atoms with van der Waals surface area (Å²) in [5, 5.41) is 9.93. The van der Waals surface area contributed by atoms with E-state index >= 15 is 4.39 Å². The third-order valence-electron chi connectivity index (χ3n) is 8.05. The molecule has 4 atom stereocenters. The van der Waals surface area contributed by atoms with Gasteiger partial charge in [0.25, 0.3) is 0 Å². The van der Waals surface area contributed by atoms with Gasteiger partial charge in [-0.3, -0.25) is 14.4 Å². The standard InChI is InChI=1S/C32H32ClFIN3O3/c1-17(39)18-8-11-21(12-9-18)36-29(40)28-26(22-7-5-6-19(16-35)27(22)34)32(25(38-28)15-31(2,3)4)23-13-10-20(33)14-24(23)37-30(32)41/h5-14,25-26,28,38H,15-16H2,1-4H3,(H,36,40)(H,37,41)/t25-,26-,28+,32+/m0/s1. The minimum absolute atomic E-state index is 0.0796. The lowest BCUT2D eigenvalue weighted by Crippen LogP contribution is -2.49. The van der Waals surface area contributed by atoms with Crippen molar-refractivity contribution in [1.82, 2.24) is 5.32 Å². The van der Waals surface area contributed by atoms with Crippen LogP contribution in [0.2, 0.25) is 5.02 Å². The number of alkyl halides is 1. The molecule has 1 saturated heterocycles. The van der Waals surface area contributed by atoms with Crippen LogP contribution in [0.3, 0.4) is 0 Å². The molecular formula is C32H32ClFIN3O3. The third kappa shape index (κ3) is 5.30. The van der Waals surface area contributed by atoms with Crippen LogP contribution in [0.15, 0.2) is 60.7 Å². The number of benzene rings is 3. The maximum absolute atomic E-state index is 16.2. The van der Waals surface area contributed by atoms with Gasteiger partial charge in [-0.05, 0) is 71.8 Å². The van der Waals surface area contributed by atoms with Gasteiger partial charge in [0, 0.05) is 38.3 Å². The highest BCUT2D eigenvalue weighted by atomic mass is 127. The van der Waals surface area contributed by atoms with Crippen LogP contribution in [0.4, 0.5) is 15.8 Å². The van der Waals surface area contributed by atoms with Crippen molar-refractivity contribution in [1.29, 1.82) is 0 Å². The molecule has 0 unspecified atom stereocenters. The molecule has 2 aliphatic heterocycles. The van der Waals surface area contributed by atoms with Crippen LogP contribution in [0.1, 0.15) is 67.1 Å². The average Bonchev–Trinajstić information content (AvgIpc) is 3.38. The van der Waals surface area contributed by atoms with E-state index in [2.05, 4.69) is 59.3 Å². The van der Waals surface area contributed by atoms with E-state index in [1.54, 1.807) is 54.6 Å². The summed E-state index contributed by atoms with van der Waals surface area (Å²) < 4.78 is 16.7. The van der Waals surface area contributed by atoms with E-state index in [1.807, 2.05) is 6.07 Å². The molecule has 0 aliphatic carbocycles. The number of hydrogen-bond acceptors (Lipinski definition) is 4. The Morgan fingerprint density at radius 2 is 1.80 bits per heavy atom. The number of ketones is 1. The molecular weight excluding hydrogens is 656 g/mol. The molecule has 0 radical (unpaired) electrons. The van der Waals surface area contributed by atoms with Gasteiger partial charge in [0.15, 0.2) is 5.78 Å². The first-order valence-corrected chi connectivity index (χ1v) is 15.4. The molecule has 2 amide bonds. The van der Waals surface area contributed by atoms with Gasteiger partial charge >= 0.3 is 0 Å². The summed E-state index contributed by atoms with van der Waals surface area (Å²) in [6.45, 7) is 7.71. The fraction of sp³-hybridized carbons (Fsp3) is 0.344. The van der Waals surface area contributed by atoms with Crippen LogP contribution >= 0.6 is 34.2 Å². The summed E-state index contributed by atoms with van der Waals surface area (Å²) in [4.78, 5) is 40.1. The molecule has 41 heavy (non-hydrogen) atoms. The second-order valence-electron chi connectivity index (χ2n) is 12.0. The van der Waals surface area contributed by atoms with Crippen LogP contribution < -0.4 is 16.0 Å². The molecule has 9 heteroatoms. The summed E-state index contributed by atoms with van der Waals surface area (Å²) in [6.07, 6.45) is 0.545. The van der Waals surface area contributed by atoms with Gasteiger partial charge in [-0.1, -0.05) is 79.2 Å². The van der Waals surface area contributed by atoms with Crippen LogP contribution in [0.25, 0.3) is 0 Å². The maximum atomic E-state index is 16.2. The largest absolute Gasteiger partial charge is 0.325 e. The van der Waals surface area contributed by atoms with Gasteiger partial charge in [0.2, 0.25) is 11.8 Å². The molecule has 0 bridgehead atoms. The molecule has 1 fully saturated rings. The van der Waals surface area contributed by atoms with E-state index in [0.29, 0.717) is 49.5 Å². The minimum atomic E-state index is -1.28. The minimum Gasteiger partial charge on any atom is -0.325 e. The van der Waals surface area contributed by atoms with Crippen molar-refractivity contribution in [3.05, 3.63) is 93.8 Å². The van der Waals surface area contributed by atoms with Crippen molar-refractivity contribution in [2.45, 2.75) is 62.0 Å². The van der Waals surface area contributed by atoms with E-state index in [1.165, 1.54) is 6.92 Å². The molecule has 0 aromatic heterocycles. The fourth-order valence-corrected chi connectivity index (χ4v) is 7.10. The smallest absolute Gasteiger partial charge is 0.242 e. The zero-order valence-corrected chi connectivity index (χ0v) is 26.2. The normalized spacial score (nSPS) is 23.4. The van der Waals surface area contributed by atoms with Gasteiger partial charge in [0.05, 0.1) is 6.04 Å². The molecule has 5 rings (SSSR count). The van der Waals surface area contributed by atoms with E-state index in [-0.39, 0.29) is 17.1 Å². The highest BCUT2D eigenvalue weighted by Gasteiger charge is 2.66. The molecule has 2 heterocycles. The first kappa shape index (κ1) is 29.7. The molecule has 1 spiro atoms. The van der Waals surface area contributed by atoms with Crippen LogP contribution in [-0.4, -0.2) is 29.7 Å². The van der Waals surface area contributed by atoms with E-state index in [4.69, 9.17) is 11.6 Å². The van der Waals surface area contributed by atoms with Gasteiger partial charge in [0.1, 0.15) is 11.2 Å².